The molecular formula is C15H15Br2N. The van der Waals surface area contributed by atoms with E-state index in [0.717, 1.165) is 15.5 Å². The summed E-state index contributed by atoms with van der Waals surface area (Å²) in [5.74, 6) is 0. The van der Waals surface area contributed by atoms with Crippen molar-refractivity contribution in [3.05, 3.63) is 68.6 Å². The first kappa shape index (κ1) is 13.8. The molecule has 0 aliphatic rings. The number of rotatable bonds is 4. The molecule has 94 valence electrons. The largest absolute Gasteiger partial charge is 0.306 e. The molecule has 0 radical (unpaired) electrons. The lowest BCUT2D eigenvalue weighted by Crippen LogP contribution is -2.22. The van der Waals surface area contributed by atoms with E-state index in [2.05, 4.69) is 86.6 Å². The van der Waals surface area contributed by atoms with Crippen LogP contribution in [0, 0.1) is 0 Å². The first-order valence-corrected chi connectivity index (χ1v) is 7.54. The van der Waals surface area contributed by atoms with Crippen LogP contribution in [0.4, 0.5) is 0 Å². The van der Waals surface area contributed by atoms with Crippen molar-refractivity contribution < 1.29 is 0 Å². The summed E-state index contributed by atoms with van der Waals surface area (Å²) in [5.41, 5.74) is 2.54. The van der Waals surface area contributed by atoms with Gasteiger partial charge in [-0.2, -0.15) is 0 Å². The zero-order valence-corrected chi connectivity index (χ0v) is 13.3. The SMILES string of the molecule is CCNC(c1ccccc1)c1ccc(Br)cc1Br. The van der Waals surface area contributed by atoms with Crippen LogP contribution < -0.4 is 5.32 Å². The van der Waals surface area contributed by atoms with E-state index in [1.165, 1.54) is 11.1 Å². The Hall–Kier alpha value is -0.640. The fourth-order valence-electron chi connectivity index (χ4n) is 1.99. The van der Waals surface area contributed by atoms with Gasteiger partial charge in [0.25, 0.3) is 0 Å². The Morgan fingerprint density at radius 3 is 2.39 bits per heavy atom. The second kappa shape index (κ2) is 6.50. The molecule has 0 aliphatic carbocycles. The van der Waals surface area contributed by atoms with Crippen molar-refractivity contribution in [3.8, 4) is 0 Å². The molecule has 2 aromatic carbocycles. The van der Waals surface area contributed by atoms with Gasteiger partial charge in [0.05, 0.1) is 6.04 Å². The molecule has 0 spiro atoms. The summed E-state index contributed by atoms with van der Waals surface area (Å²) < 4.78 is 2.20. The summed E-state index contributed by atoms with van der Waals surface area (Å²) in [5, 5.41) is 3.53. The molecule has 1 atom stereocenters. The molecule has 3 heteroatoms. The third-order valence-corrected chi connectivity index (χ3v) is 3.99. The molecule has 0 aliphatic heterocycles. The van der Waals surface area contributed by atoms with E-state index in [9.17, 15) is 0 Å². The maximum absolute atomic E-state index is 3.65. The highest BCUT2D eigenvalue weighted by molar-refractivity contribution is 9.11. The van der Waals surface area contributed by atoms with Crippen LogP contribution in [0.1, 0.15) is 24.1 Å². The number of benzene rings is 2. The fourth-order valence-corrected chi connectivity index (χ4v) is 3.27. The predicted octanol–water partition coefficient (Wildman–Crippen LogP) is 4.91. The minimum Gasteiger partial charge on any atom is -0.306 e. The lowest BCUT2D eigenvalue weighted by molar-refractivity contribution is 0.628. The third-order valence-electron chi connectivity index (χ3n) is 2.81. The number of hydrogen-bond acceptors (Lipinski definition) is 1. The molecule has 1 N–H and O–H groups in total. The molecule has 0 bridgehead atoms. The van der Waals surface area contributed by atoms with Gasteiger partial charge >= 0.3 is 0 Å². The summed E-state index contributed by atoms with van der Waals surface area (Å²) in [6, 6.07) is 17.0. The van der Waals surface area contributed by atoms with Crippen molar-refractivity contribution in [2.75, 3.05) is 6.54 Å². The molecular weight excluding hydrogens is 354 g/mol. The van der Waals surface area contributed by atoms with Gasteiger partial charge in [0, 0.05) is 8.95 Å². The summed E-state index contributed by atoms with van der Waals surface area (Å²) >= 11 is 7.14. The van der Waals surface area contributed by atoms with E-state index in [1.807, 2.05) is 6.07 Å². The Morgan fingerprint density at radius 2 is 1.78 bits per heavy atom. The van der Waals surface area contributed by atoms with Crippen molar-refractivity contribution in [2.45, 2.75) is 13.0 Å². The minimum absolute atomic E-state index is 0.221. The van der Waals surface area contributed by atoms with E-state index >= 15 is 0 Å². The monoisotopic (exact) mass is 367 g/mol. The van der Waals surface area contributed by atoms with Gasteiger partial charge in [0.1, 0.15) is 0 Å². The van der Waals surface area contributed by atoms with Gasteiger partial charge in [-0.3, -0.25) is 0 Å². The minimum atomic E-state index is 0.221. The number of hydrogen-bond donors (Lipinski definition) is 1. The quantitative estimate of drug-likeness (QED) is 0.808. The Kier molecular flexibility index (Phi) is 4.98. The van der Waals surface area contributed by atoms with Crippen molar-refractivity contribution in [2.24, 2.45) is 0 Å². The Balaban J connectivity index is 2.41. The Morgan fingerprint density at radius 1 is 1.06 bits per heavy atom. The Bertz CT molecular complexity index is 511. The van der Waals surface area contributed by atoms with Crippen LogP contribution in [0.3, 0.4) is 0 Å². The molecule has 1 nitrogen and oxygen atoms in total. The zero-order valence-electron chi connectivity index (χ0n) is 10.2. The van der Waals surface area contributed by atoms with Crippen molar-refractivity contribution in [1.29, 1.82) is 0 Å². The summed E-state index contributed by atoms with van der Waals surface area (Å²) in [4.78, 5) is 0. The lowest BCUT2D eigenvalue weighted by Gasteiger charge is -2.20. The first-order valence-electron chi connectivity index (χ1n) is 5.95. The van der Waals surface area contributed by atoms with Gasteiger partial charge in [-0.25, -0.2) is 0 Å². The lowest BCUT2D eigenvalue weighted by atomic mass is 9.99. The van der Waals surface area contributed by atoms with Crippen LogP contribution in [-0.4, -0.2) is 6.54 Å². The van der Waals surface area contributed by atoms with Crippen LogP contribution >= 0.6 is 31.9 Å². The molecule has 2 rings (SSSR count). The highest BCUT2D eigenvalue weighted by atomic mass is 79.9. The summed E-state index contributed by atoms with van der Waals surface area (Å²) in [6.07, 6.45) is 0. The maximum Gasteiger partial charge on any atom is 0.0587 e. The van der Waals surface area contributed by atoms with Crippen molar-refractivity contribution in [3.63, 3.8) is 0 Å². The number of nitrogens with one attached hydrogen (secondary N) is 1. The van der Waals surface area contributed by atoms with Gasteiger partial charge in [-0.05, 0) is 29.8 Å². The molecule has 0 saturated heterocycles. The van der Waals surface area contributed by atoms with E-state index in [-0.39, 0.29) is 6.04 Å². The van der Waals surface area contributed by atoms with Crippen LogP contribution in [-0.2, 0) is 0 Å². The van der Waals surface area contributed by atoms with E-state index in [1.54, 1.807) is 0 Å². The van der Waals surface area contributed by atoms with Crippen LogP contribution in [0.5, 0.6) is 0 Å². The van der Waals surface area contributed by atoms with Gasteiger partial charge < -0.3 is 5.32 Å². The third kappa shape index (κ3) is 3.22. The summed E-state index contributed by atoms with van der Waals surface area (Å²) in [6.45, 7) is 3.06. The molecule has 0 amide bonds. The molecule has 0 saturated carbocycles. The Labute approximate surface area is 125 Å². The zero-order chi connectivity index (χ0) is 13.0. The van der Waals surface area contributed by atoms with Gasteiger partial charge in [-0.1, -0.05) is 75.2 Å². The average molecular weight is 369 g/mol. The smallest absolute Gasteiger partial charge is 0.0587 e. The average Bonchev–Trinajstić information content (AvgIpc) is 2.38. The van der Waals surface area contributed by atoms with E-state index in [0.29, 0.717) is 0 Å². The topological polar surface area (TPSA) is 12.0 Å². The van der Waals surface area contributed by atoms with Gasteiger partial charge in [0.2, 0.25) is 0 Å². The molecule has 1 unspecified atom stereocenters. The van der Waals surface area contributed by atoms with Gasteiger partial charge in [0.15, 0.2) is 0 Å². The van der Waals surface area contributed by atoms with Crippen molar-refractivity contribution in [1.82, 2.24) is 5.32 Å². The van der Waals surface area contributed by atoms with Crippen molar-refractivity contribution >= 4 is 31.9 Å². The molecule has 2 aromatic rings. The fraction of sp³-hybridized carbons (Fsp3) is 0.200. The highest BCUT2D eigenvalue weighted by Crippen LogP contribution is 2.30. The number of halogens is 2. The van der Waals surface area contributed by atoms with Crippen LogP contribution in [0.15, 0.2) is 57.5 Å². The molecule has 18 heavy (non-hydrogen) atoms. The normalized spacial score (nSPS) is 12.4. The molecule has 0 fully saturated rings. The van der Waals surface area contributed by atoms with Gasteiger partial charge in [-0.15, -0.1) is 0 Å². The molecule has 0 aromatic heterocycles. The second-order valence-corrected chi connectivity index (χ2v) is 5.84. The van der Waals surface area contributed by atoms with Crippen LogP contribution in [0.2, 0.25) is 0 Å². The van der Waals surface area contributed by atoms with Crippen LogP contribution in [0.25, 0.3) is 0 Å². The molecule has 0 heterocycles. The highest BCUT2D eigenvalue weighted by Gasteiger charge is 2.15. The first-order chi connectivity index (χ1) is 8.72. The van der Waals surface area contributed by atoms with E-state index in [4.69, 9.17) is 0 Å². The van der Waals surface area contributed by atoms with E-state index < -0.39 is 0 Å². The standard InChI is InChI=1S/C15H15Br2N/c1-2-18-15(11-6-4-3-5-7-11)13-9-8-12(16)10-14(13)17/h3-10,15,18H,2H2,1H3. The second-order valence-electron chi connectivity index (χ2n) is 4.07. The summed E-state index contributed by atoms with van der Waals surface area (Å²) in [7, 11) is 0. The predicted molar refractivity (Wildman–Crippen MR) is 83.8 cm³/mol. The maximum atomic E-state index is 3.65.